The third-order valence-electron chi connectivity index (χ3n) is 5.51. The lowest BCUT2D eigenvalue weighted by atomic mass is 10.1. The van der Waals surface area contributed by atoms with Crippen LogP contribution >= 0.6 is 0 Å². The molecule has 0 N–H and O–H groups in total. The molecule has 2 rings (SSSR count). The zero-order chi connectivity index (χ0) is 18.7. The Morgan fingerprint density at radius 2 is 1.88 bits per heavy atom. The summed E-state index contributed by atoms with van der Waals surface area (Å²) in [5.74, 6) is 0.484. The maximum atomic E-state index is 12.6. The van der Waals surface area contributed by atoms with Gasteiger partial charge in [-0.3, -0.25) is 0 Å². The van der Waals surface area contributed by atoms with E-state index in [1.54, 1.807) is 0 Å². The van der Waals surface area contributed by atoms with Crippen molar-refractivity contribution in [2.75, 3.05) is 13.2 Å². The second-order valence-corrected chi connectivity index (χ2v) is 13.6. The van der Waals surface area contributed by atoms with Crippen molar-refractivity contribution in [2.45, 2.75) is 64.9 Å². The molecule has 1 fully saturated rings. The number of ether oxygens (including phenoxy) is 1. The number of hydrogen-bond donors (Lipinski definition) is 0. The van der Waals surface area contributed by atoms with Crippen molar-refractivity contribution in [1.82, 2.24) is 4.90 Å². The van der Waals surface area contributed by atoms with Crippen molar-refractivity contribution in [3.05, 3.63) is 35.9 Å². The Kier molecular flexibility index (Phi) is 6.33. The van der Waals surface area contributed by atoms with Crippen molar-refractivity contribution in [1.29, 1.82) is 0 Å². The monoisotopic (exact) mass is 363 g/mol. The highest BCUT2D eigenvalue weighted by Gasteiger charge is 2.40. The normalized spacial score (nSPS) is 21.4. The molecule has 25 heavy (non-hydrogen) atoms. The molecule has 0 aromatic heterocycles. The Labute approximate surface area is 153 Å². The van der Waals surface area contributed by atoms with Crippen LogP contribution in [0.4, 0.5) is 4.79 Å². The van der Waals surface area contributed by atoms with Crippen LogP contribution in [0.5, 0.6) is 0 Å². The van der Waals surface area contributed by atoms with Gasteiger partial charge in [-0.2, -0.15) is 0 Å². The first kappa shape index (κ1) is 20.0. The standard InChI is InChI=1S/C20H33NO3Si/c1-16-12-18(15-24-25(5,6)20(2,3)4)21(13-16)19(22)23-14-17-10-8-7-9-11-17/h7-11,16,18H,12-15H2,1-6H3/t16-,18+/m1/s1. The number of nitrogens with zero attached hydrogens (tertiary/aromatic N) is 1. The van der Waals surface area contributed by atoms with E-state index in [1.165, 1.54) is 0 Å². The molecular weight excluding hydrogens is 330 g/mol. The van der Waals surface area contributed by atoms with E-state index in [4.69, 9.17) is 9.16 Å². The van der Waals surface area contributed by atoms with E-state index in [9.17, 15) is 4.79 Å². The van der Waals surface area contributed by atoms with Crippen LogP contribution in [0.25, 0.3) is 0 Å². The van der Waals surface area contributed by atoms with E-state index in [2.05, 4.69) is 40.8 Å². The minimum Gasteiger partial charge on any atom is -0.445 e. The van der Waals surface area contributed by atoms with Crippen molar-refractivity contribution in [3.8, 4) is 0 Å². The molecule has 2 atom stereocenters. The van der Waals surface area contributed by atoms with Crippen molar-refractivity contribution in [2.24, 2.45) is 5.92 Å². The zero-order valence-corrected chi connectivity index (χ0v) is 17.5. The Morgan fingerprint density at radius 1 is 1.24 bits per heavy atom. The minimum atomic E-state index is -1.81. The molecule has 1 heterocycles. The number of amides is 1. The number of benzene rings is 1. The van der Waals surface area contributed by atoms with Crippen LogP contribution in [0.15, 0.2) is 30.3 Å². The molecule has 1 saturated heterocycles. The second kappa shape index (κ2) is 7.91. The highest BCUT2D eigenvalue weighted by atomic mass is 28.4. The first-order valence-corrected chi connectivity index (χ1v) is 12.1. The third kappa shape index (κ3) is 5.32. The molecule has 0 aliphatic carbocycles. The summed E-state index contributed by atoms with van der Waals surface area (Å²) in [7, 11) is -1.81. The van der Waals surface area contributed by atoms with Gasteiger partial charge in [0.2, 0.25) is 0 Å². The molecule has 0 spiro atoms. The van der Waals surface area contributed by atoms with E-state index in [0.29, 0.717) is 19.1 Å². The number of carbonyl (C=O) groups is 1. The first-order chi connectivity index (χ1) is 11.6. The van der Waals surface area contributed by atoms with Crippen LogP contribution in [-0.2, 0) is 15.8 Å². The molecule has 1 aromatic carbocycles. The van der Waals surface area contributed by atoms with Crippen LogP contribution in [0.1, 0.15) is 39.7 Å². The largest absolute Gasteiger partial charge is 0.445 e. The number of rotatable bonds is 5. The average Bonchev–Trinajstić information content (AvgIpc) is 2.92. The second-order valence-electron chi connectivity index (χ2n) is 8.76. The molecule has 140 valence electrons. The highest BCUT2D eigenvalue weighted by molar-refractivity contribution is 6.74. The van der Waals surface area contributed by atoms with Crippen LogP contribution in [0.2, 0.25) is 18.1 Å². The molecule has 0 radical (unpaired) electrons. The van der Waals surface area contributed by atoms with Gasteiger partial charge in [-0.05, 0) is 36.0 Å². The molecule has 0 unspecified atom stereocenters. The van der Waals surface area contributed by atoms with Gasteiger partial charge in [0.15, 0.2) is 8.32 Å². The summed E-state index contributed by atoms with van der Waals surface area (Å²) in [6, 6.07) is 9.93. The van der Waals surface area contributed by atoms with Crippen molar-refractivity contribution < 1.29 is 14.0 Å². The van der Waals surface area contributed by atoms with E-state index in [1.807, 2.05) is 35.2 Å². The lowest BCUT2D eigenvalue weighted by Crippen LogP contribution is -2.46. The molecule has 1 aliphatic rings. The van der Waals surface area contributed by atoms with Gasteiger partial charge in [-0.25, -0.2) is 4.79 Å². The van der Waals surface area contributed by atoms with Gasteiger partial charge in [-0.15, -0.1) is 0 Å². The Hall–Kier alpha value is -1.33. The van der Waals surface area contributed by atoms with E-state index >= 15 is 0 Å². The summed E-state index contributed by atoms with van der Waals surface area (Å²) in [5, 5.41) is 0.176. The molecule has 1 aliphatic heterocycles. The van der Waals surface area contributed by atoms with Crippen LogP contribution in [0.3, 0.4) is 0 Å². The average molecular weight is 364 g/mol. The maximum Gasteiger partial charge on any atom is 0.410 e. The number of likely N-dealkylation sites (tertiary alicyclic amines) is 1. The lowest BCUT2D eigenvalue weighted by Gasteiger charge is -2.37. The maximum absolute atomic E-state index is 12.6. The van der Waals surface area contributed by atoms with Crippen molar-refractivity contribution >= 4 is 14.4 Å². The van der Waals surface area contributed by atoms with Gasteiger partial charge in [-0.1, -0.05) is 58.0 Å². The van der Waals surface area contributed by atoms with E-state index < -0.39 is 8.32 Å². The molecule has 5 heteroatoms. The number of carbonyl (C=O) groups excluding carboxylic acids is 1. The molecule has 4 nitrogen and oxygen atoms in total. The summed E-state index contributed by atoms with van der Waals surface area (Å²) in [4.78, 5) is 14.4. The summed E-state index contributed by atoms with van der Waals surface area (Å²) in [5.41, 5.74) is 1.01. The molecule has 0 bridgehead atoms. The quantitative estimate of drug-likeness (QED) is 0.687. The molecule has 1 amide bonds. The molecular formula is C20H33NO3Si. The predicted octanol–water partition coefficient (Wildman–Crippen LogP) is 5.06. The first-order valence-electron chi connectivity index (χ1n) is 9.21. The van der Waals surface area contributed by atoms with Gasteiger partial charge in [0.05, 0.1) is 12.6 Å². The van der Waals surface area contributed by atoms with Crippen LogP contribution < -0.4 is 0 Å². The SMILES string of the molecule is C[C@@H]1C[C@@H](CO[Si](C)(C)C(C)(C)C)N(C(=O)OCc2ccccc2)C1. The highest BCUT2D eigenvalue weighted by Crippen LogP contribution is 2.37. The fourth-order valence-corrected chi connectivity index (χ4v) is 3.90. The fraction of sp³-hybridized carbons (Fsp3) is 0.650. The summed E-state index contributed by atoms with van der Waals surface area (Å²) in [6.45, 7) is 15.1. The summed E-state index contributed by atoms with van der Waals surface area (Å²) >= 11 is 0. The Morgan fingerprint density at radius 3 is 2.48 bits per heavy atom. The Balaban J connectivity index is 1.93. The predicted molar refractivity (Wildman–Crippen MR) is 104 cm³/mol. The fourth-order valence-electron chi connectivity index (χ4n) is 2.86. The Bertz CT molecular complexity index is 568. The molecule has 0 saturated carbocycles. The molecule has 1 aromatic rings. The van der Waals surface area contributed by atoms with Gasteiger partial charge in [0, 0.05) is 6.54 Å². The van der Waals surface area contributed by atoms with E-state index in [0.717, 1.165) is 18.5 Å². The third-order valence-corrected chi connectivity index (χ3v) is 10.0. The zero-order valence-electron chi connectivity index (χ0n) is 16.5. The van der Waals surface area contributed by atoms with Gasteiger partial charge in [0.25, 0.3) is 0 Å². The summed E-state index contributed by atoms with van der Waals surface area (Å²) in [6.07, 6.45) is 0.756. The van der Waals surface area contributed by atoms with Gasteiger partial charge >= 0.3 is 6.09 Å². The van der Waals surface area contributed by atoms with Crippen molar-refractivity contribution in [3.63, 3.8) is 0 Å². The lowest BCUT2D eigenvalue weighted by molar-refractivity contribution is 0.0803. The topological polar surface area (TPSA) is 38.8 Å². The summed E-state index contributed by atoms with van der Waals surface area (Å²) < 4.78 is 11.9. The van der Waals surface area contributed by atoms with E-state index in [-0.39, 0.29) is 17.2 Å². The number of hydrogen-bond acceptors (Lipinski definition) is 3. The van der Waals surface area contributed by atoms with Crippen LogP contribution in [0, 0.1) is 5.92 Å². The minimum absolute atomic E-state index is 0.118. The smallest absolute Gasteiger partial charge is 0.410 e. The van der Waals surface area contributed by atoms with Gasteiger partial charge in [0.1, 0.15) is 6.61 Å². The van der Waals surface area contributed by atoms with Gasteiger partial charge < -0.3 is 14.1 Å². The van der Waals surface area contributed by atoms with Crippen LogP contribution in [-0.4, -0.2) is 38.5 Å².